The molecule has 6 rings (SSSR count). The summed E-state index contributed by atoms with van der Waals surface area (Å²) in [5.74, 6) is -0.0352. The Morgan fingerprint density at radius 1 is 1.03 bits per heavy atom. The van der Waals surface area contributed by atoms with Crippen molar-refractivity contribution in [3.8, 4) is 0 Å². The van der Waals surface area contributed by atoms with Crippen LogP contribution in [0.5, 0.6) is 0 Å². The fourth-order valence-corrected chi connectivity index (χ4v) is 5.53. The molecule has 0 spiro atoms. The Bertz CT molecular complexity index is 892. The molecule has 4 heterocycles. The van der Waals surface area contributed by atoms with Crippen LogP contribution in [-0.4, -0.2) is 53.1 Å². The van der Waals surface area contributed by atoms with Gasteiger partial charge in [-0.25, -0.2) is 4.39 Å². The van der Waals surface area contributed by atoms with Crippen LogP contribution in [-0.2, 0) is 11.2 Å². The van der Waals surface area contributed by atoms with E-state index in [-0.39, 0.29) is 23.7 Å². The number of halogens is 1. The maximum atomic E-state index is 13.5. The number of rotatable bonds is 3. The van der Waals surface area contributed by atoms with Crippen molar-refractivity contribution >= 4 is 5.91 Å². The number of amides is 1. The van der Waals surface area contributed by atoms with Crippen LogP contribution in [0.2, 0.25) is 0 Å². The summed E-state index contributed by atoms with van der Waals surface area (Å²) in [7, 11) is 0. The van der Waals surface area contributed by atoms with Gasteiger partial charge in [0.25, 0.3) is 5.91 Å². The Morgan fingerprint density at radius 2 is 1.76 bits per heavy atom. The van der Waals surface area contributed by atoms with Crippen molar-refractivity contribution in [3.63, 3.8) is 0 Å². The summed E-state index contributed by atoms with van der Waals surface area (Å²) in [6, 6.07) is 14.2. The first kappa shape index (κ1) is 18.8. The number of hydrogen-bond acceptors (Lipinski definition) is 3. The van der Waals surface area contributed by atoms with Crippen LogP contribution in [0.1, 0.15) is 35.6 Å². The van der Waals surface area contributed by atoms with Crippen LogP contribution in [0, 0.1) is 17.7 Å². The summed E-state index contributed by atoms with van der Waals surface area (Å²) in [5, 5.41) is 11.1. The van der Waals surface area contributed by atoms with Gasteiger partial charge in [-0.3, -0.25) is 4.79 Å². The molecule has 2 aromatic rings. The molecule has 1 N–H and O–H groups in total. The van der Waals surface area contributed by atoms with E-state index in [1.807, 2.05) is 23.1 Å². The van der Waals surface area contributed by atoms with Gasteiger partial charge in [0.15, 0.2) is 0 Å². The zero-order chi connectivity index (χ0) is 20.0. The van der Waals surface area contributed by atoms with Gasteiger partial charge in [-0.1, -0.05) is 36.4 Å². The molecule has 0 aromatic heterocycles. The lowest BCUT2D eigenvalue weighted by molar-refractivity contribution is -0.150. The molecule has 29 heavy (non-hydrogen) atoms. The van der Waals surface area contributed by atoms with E-state index >= 15 is 0 Å². The van der Waals surface area contributed by atoms with Gasteiger partial charge in [0.05, 0.1) is 6.04 Å². The Kier molecular flexibility index (Phi) is 4.88. The predicted octanol–water partition coefficient (Wildman–Crippen LogP) is 3.00. The van der Waals surface area contributed by atoms with Crippen molar-refractivity contribution in [2.45, 2.75) is 31.4 Å². The van der Waals surface area contributed by atoms with Gasteiger partial charge in [0.1, 0.15) is 11.9 Å². The molecule has 3 atom stereocenters. The molecule has 4 aliphatic heterocycles. The number of piperidine rings is 3. The highest BCUT2D eigenvalue weighted by molar-refractivity contribution is 5.82. The molecular formula is C24H27FN2O2. The van der Waals surface area contributed by atoms with Crippen molar-refractivity contribution in [2.24, 2.45) is 11.8 Å². The van der Waals surface area contributed by atoms with Gasteiger partial charge in [-0.05, 0) is 67.1 Å². The lowest BCUT2D eigenvalue weighted by atomic mass is 9.75. The molecule has 2 aromatic carbocycles. The molecule has 1 amide bonds. The lowest BCUT2D eigenvalue weighted by Gasteiger charge is -2.47. The first-order valence-electron chi connectivity index (χ1n) is 10.7. The molecule has 152 valence electrons. The average Bonchev–Trinajstić information content (AvgIpc) is 2.78. The summed E-state index contributed by atoms with van der Waals surface area (Å²) < 4.78 is 13.5. The van der Waals surface area contributed by atoms with Crippen molar-refractivity contribution in [2.75, 3.05) is 26.2 Å². The standard InChI is InChI=1S/C24H27FN2O2/c25-19-7-5-18(6-8-19)22-20-4-2-1-3-16(20)11-14-27(22)24(29)23(28)21-15-26-12-9-17(21)10-13-26/h1-8,17,21-23,28H,9-15H2/t21-,22+,23?/m1/s1. The molecule has 4 aliphatic rings. The van der Waals surface area contributed by atoms with Crippen molar-refractivity contribution in [1.29, 1.82) is 0 Å². The monoisotopic (exact) mass is 394 g/mol. The lowest BCUT2D eigenvalue weighted by Crippen LogP contribution is -2.56. The number of aliphatic hydroxyl groups is 1. The SMILES string of the molecule is O=C(C(O)[C@@H]1CN2CCC1CC2)N1CCc2ccccc2[C@@H]1c1ccc(F)cc1. The molecule has 2 bridgehead atoms. The van der Waals surface area contributed by atoms with Crippen LogP contribution in [0.15, 0.2) is 48.5 Å². The molecule has 1 unspecified atom stereocenters. The Labute approximate surface area is 170 Å². The summed E-state index contributed by atoms with van der Waals surface area (Å²) in [5.41, 5.74) is 3.16. The summed E-state index contributed by atoms with van der Waals surface area (Å²) in [6.45, 7) is 3.54. The van der Waals surface area contributed by atoms with E-state index in [0.29, 0.717) is 12.5 Å². The Morgan fingerprint density at radius 3 is 2.45 bits per heavy atom. The quantitative estimate of drug-likeness (QED) is 0.870. The van der Waals surface area contributed by atoms with E-state index in [2.05, 4.69) is 11.0 Å². The number of fused-ring (bicyclic) bond motifs is 4. The smallest absolute Gasteiger partial charge is 0.252 e. The molecule has 0 saturated carbocycles. The van der Waals surface area contributed by atoms with Crippen LogP contribution < -0.4 is 0 Å². The van der Waals surface area contributed by atoms with Crippen molar-refractivity contribution in [1.82, 2.24) is 9.80 Å². The fraction of sp³-hybridized carbons (Fsp3) is 0.458. The topological polar surface area (TPSA) is 43.8 Å². The Hall–Kier alpha value is -2.24. The minimum Gasteiger partial charge on any atom is -0.383 e. The Balaban J connectivity index is 1.47. The zero-order valence-corrected chi connectivity index (χ0v) is 16.5. The van der Waals surface area contributed by atoms with Gasteiger partial charge in [-0.15, -0.1) is 0 Å². The third-order valence-electron chi connectivity index (χ3n) is 7.12. The van der Waals surface area contributed by atoms with E-state index in [1.165, 1.54) is 17.7 Å². The number of aliphatic hydroxyl groups excluding tert-OH is 1. The summed E-state index contributed by atoms with van der Waals surface area (Å²) in [4.78, 5) is 17.7. The highest BCUT2D eigenvalue weighted by Gasteiger charge is 2.43. The number of hydrogen-bond donors (Lipinski definition) is 1. The maximum absolute atomic E-state index is 13.5. The molecule has 3 saturated heterocycles. The summed E-state index contributed by atoms with van der Waals surface area (Å²) >= 11 is 0. The second-order valence-electron chi connectivity index (χ2n) is 8.68. The van der Waals surface area contributed by atoms with E-state index in [9.17, 15) is 14.3 Å². The predicted molar refractivity (Wildman–Crippen MR) is 109 cm³/mol. The third kappa shape index (κ3) is 3.36. The molecular weight excluding hydrogens is 367 g/mol. The van der Waals surface area contributed by atoms with Crippen LogP contribution in [0.4, 0.5) is 4.39 Å². The number of carbonyl (C=O) groups is 1. The number of benzene rings is 2. The van der Waals surface area contributed by atoms with Crippen molar-refractivity contribution < 1.29 is 14.3 Å². The summed E-state index contributed by atoms with van der Waals surface area (Å²) in [6.07, 6.45) is 1.93. The second-order valence-corrected chi connectivity index (χ2v) is 8.68. The first-order valence-corrected chi connectivity index (χ1v) is 10.7. The maximum Gasteiger partial charge on any atom is 0.252 e. The minimum atomic E-state index is -0.976. The molecule has 5 heteroatoms. The van der Waals surface area contributed by atoms with Gasteiger partial charge in [-0.2, -0.15) is 0 Å². The first-order chi connectivity index (χ1) is 14.1. The molecule has 4 nitrogen and oxygen atoms in total. The largest absolute Gasteiger partial charge is 0.383 e. The fourth-order valence-electron chi connectivity index (χ4n) is 5.53. The van der Waals surface area contributed by atoms with E-state index < -0.39 is 6.10 Å². The minimum absolute atomic E-state index is 0.0102. The second kappa shape index (κ2) is 7.54. The molecule has 3 fully saturated rings. The van der Waals surface area contributed by atoms with Crippen molar-refractivity contribution in [3.05, 3.63) is 71.0 Å². The number of nitrogens with zero attached hydrogens (tertiary/aromatic N) is 2. The van der Waals surface area contributed by atoms with Crippen LogP contribution >= 0.6 is 0 Å². The molecule has 0 aliphatic carbocycles. The van der Waals surface area contributed by atoms with Crippen LogP contribution in [0.3, 0.4) is 0 Å². The highest BCUT2D eigenvalue weighted by Crippen LogP contribution is 2.39. The average molecular weight is 394 g/mol. The molecule has 0 radical (unpaired) electrons. The third-order valence-corrected chi connectivity index (χ3v) is 7.12. The van der Waals surface area contributed by atoms with Gasteiger partial charge >= 0.3 is 0 Å². The van der Waals surface area contributed by atoms with E-state index in [4.69, 9.17) is 0 Å². The normalized spacial score (nSPS) is 29.4. The van der Waals surface area contributed by atoms with Gasteiger partial charge < -0.3 is 14.9 Å². The highest BCUT2D eigenvalue weighted by atomic mass is 19.1. The van der Waals surface area contributed by atoms with E-state index in [1.54, 1.807) is 12.1 Å². The van der Waals surface area contributed by atoms with E-state index in [0.717, 1.165) is 50.0 Å². The number of carbonyl (C=O) groups excluding carboxylic acids is 1. The zero-order valence-electron chi connectivity index (χ0n) is 16.5. The van der Waals surface area contributed by atoms with Crippen LogP contribution in [0.25, 0.3) is 0 Å². The van der Waals surface area contributed by atoms with Gasteiger partial charge in [0.2, 0.25) is 0 Å². The van der Waals surface area contributed by atoms with Gasteiger partial charge in [0, 0.05) is 19.0 Å².